The van der Waals surface area contributed by atoms with E-state index in [4.69, 9.17) is 9.31 Å². The van der Waals surface area contributed by atoms with Gasteiger partial charge in [-0.1, -0.05) is 119 Å². The van der Waals surface area contributed by atoms with Gasteiger partial charge in [0.05, 0.1) is 11.7 Å². The molecule has 1 fully saturated rings. The molecular formula is C26H29BO2. The summed E-state index contributed by atoms with van der Waals surface area (Å²) >= 11 is 0. The predicted octanol–water partition coefficient (Wildman–Crippen LogP) is 5.75. The van der Waals surface area contributed by atoms with Crippen molar-refractivity contribution in [3.8, 4) is 0 Å². The highest BCUT2D eigenvalue weighted by atomic mass is 16.6. The van der Waals surface area contributed by atoms with Crippen molar-refractivity contribution in [3.05, 3.63) is 102 Å². The lowest BCUT2D eigenvalue weighted by molar-refractivity contribution is -0.165. The van der Waals surface area contributed by atoms with Crippen molar-refractivity contribution in [1.82, 2.24) is 0 Å². The maximum atomic E-state index is 6.95. The molecule has 3 aromatic rings. The summed E-state index contributed by atoms with van der Waals surface area (Å²) in [6.07, 6.45) is -0.0745. The van der Waals surface area contributed by atoms with Gasteiger partial charge in [-0.15, -0.1) is 0 Å². The Morgan fingerprint density at radius 1 is 0.759 bits per heavy atom. The number of benzene rings is 3. The quantitative estimate of drug-likeness (QED) is 0.536. The molecule has 0 unspecified atom stereocenters. The summed E-state index contributed by atoms with van der Waals surface area (Å²) in [7, 11) is -0.433. The molecule has 1 aliphatic rings. The van der Waals surface area contributed by atoms with Gasteiger partial charge in [0.25, 0.3) is 0 Å². The van der Waals surface area contributed by atoms with Gasteiger partial charge in [0, 0.05) is 5.92 Å². The van der Waals surface area contributed by atoms with E-state index in [2.05, 4.69) is 100 Å². The van der Waals surface area contributed by atoms with E-state index in [0.29, 0.717) is 0 Å². The molecule has 0 spiro atoms. The molecule has 0 amide bonds. The molecule has 3 aromatic carbocycles. The molecule has 2 nitrogen and oxygen atoms in total. The second kappa shape index (κ2) is 7.81. The second-order valence-corrected chi connectivity index (χ2v) is 8.97. The van der Waals surface area contributed by atoms with Crippen LogP contribution in [0.5, 0.6) is 0 Å². The SMILES string of the molecule is C[C@H]1[C@@H](c2ccccc2)OB(c2ccccc2)O[C@]1(c1ccccc1)C(C)(C)C. The van der Waals surface area contributed by atoms with Crippen LogP contribution in [-0.4, -0.2) is 7.12 Å². The monoisotopic (exact) mass is 384 g/mol. The van der Waals surface area contributed by atoms with E-state index in [9.17, 15) is 0 Å². The van der Waals surface area contributed by atoms with Crippen LogP contribution in [0.15, 0.2) is 91.0 Å². The lowest BCUT2D eigenvalue weighted by Crippen LogP contribution is -2.60. The lowest BCUT2D eigenvalue weighted by atomic mass is 9.59. The zero-order chi connectivity index (χ0) is 20.5. The van der Waals surface area contributed by atoms with Crippen LogP contribution in [0.1, 0.15) is 44.9 Å². The Morgan fingerprint density at radius 3 is 1.83 bits per heavy atom. The van der Waals surface area contributed by atoms with Crippen LogP contribution in [0.2, 0.25) is 0 Å². The fourth-order valence-electron chi connectivity index (χ4n) is 4.84. The Labute approximate surface area is 175 Å². The van der Waals surface area contributed by atoms with Crippen molar-refractivity contribution in [2.45, 2.75) is 39.4 Å². The zero-order valence-electron chi connectivity index (χ0n) is 17.7. The Balaban J connectivity index is 1.90. The molecule has 148 valence electrons. The first-order chi connectivity index (χ1) is 13.9. The minimum absolute atomic E-state index is 0.0745. The van der Waals surface area contributed by atoms with Gasteiger partial charge in [-0.25, -0.2) is 0 Å². The van der Waals surface area contributed by atoms with Crippen molar-refractivity contribution in [2.24, 2.45) is 11.3 Å². The van der Waals surface area contributed by atoms with Crippen LogP contribution in [0.4, 0.5) is 0 Å². The maximum Gasteiger partial charge on any atom is 0.495 e. The molecule has 1 saturated heterocycles. The third kappa shape index (κ3) is 3.54. The average Bonchev–Trinajstić information content (AvgIpc) is 2.75. The minimum atomic E-state index is -0.506. The van der Waals surface area contributed by atoms with Crippen LogP contribution in [0.25, 0.3) is 0 Å². The maximum absolute atomic E-state index is 6.95. The summed E-state index contributed by atoms with van der Waals surface area (Å²) in [5.74, 6) is 0.118. The molecule has 0 bridgehead atoms. The number of rotatable bonds is 3. The van der Waals surface area contributed by atoms with Crippen molar-refractivity contribution in [1.29, 1.82) is 0 Å². The summed E-state index contributed by atoms with van der Waals surface area (Å²) in [6, 6.07) is 31.5. The fraction of sp³-hybridized carbons (Fsp3) is 0.308. The normalized spacial score (nSPS) is 25.0. The Morgan fingerprint density at radius 2 is 1.28 bits per heavy atom. The van der Waals surface area contributed by atoms with Gasteiger partial charge in [-0.2, -0.15) is 0 Å². The van der Waals surface area contributed by atoms with Crippen molar-refractivity contribution >= 4 is 12.6 Å². The van der Waals surface area contributed by atoms with E-state index in [-0.39, 0.29) is 17.4 Å². The van der Waals surface area contributed by atoms with E-state index in [1.165, 1.54) is 11.1 Å². The Hall–Kier alpha value is -2.36. The van der Waals surface area contributed by atoms with E-state index in [1.54, 1.807) is 0 Å². The van der Waals surface area contributed by atoms with Crippen LogP contribution in [0.3, 0.4) is 0 Å². The third-order valence-corrected chi connectivity index (χ3v) is 6.18. The highest BCUT2D eigenvalue weighted by Gasteiger charge is 2.57. The molecule has 3 atom stereocenters. The fourth-order valence-corrected chi connectivity index (χ4v) is 4.84. The Kier molecular flexibility index (Phi) is 5.37. The summed E-state index contributed by atoms with van der Waals surface area (Å²) in [4.78, 5) is 0. The largest absolute Gasteiger partial charge is 0.495 e. The van der Waals surface area contributed by atoms with Gasteiger partial charge < -0.3 is 9.31 Å². The summed E-state index contributed by atoms with van der Waals surface area (Å²) in [6.45, 7) is 9.07. The number of hydrogen-bond acceptors (Lipinski definition) is 2. The molecule has 3 heteroatoms. The molecule has 29 heavy (non-hydrogen) atoms. The highest BCUT2D eigenvalue weighted by Crippen LogP contribution is 2.55. The topological polar surface area (TPSA) is 18.5 Å². The molecule has 0 aliphatic carbocycles. The van der Waals surface area contributed by atoms with Crippen LogP contribution in [-0.2, 0) is 14.9 Å². The smallest absolute Gasteiger partial charge is 0.400 e. The Bertz CT molecular complexity index is 921. The first-order valence-corrected chi connectivity index (χ1v) is 10.4. The van der Waals surface area contributed by atoms with Gasteiger partial charge >= 0.3 is 7.12 Å². The molecule has 4 rings (SSSR count). The van der Waals surface area contributed by atoms with Gasteiger partial charge in [-0.3, -0.25) is 0 Å². The van der Waals surface area contributed by atoms with E-state index >= 15 is 0 Å². The second-order valence-electron chi connectivity index (χ2n) is 8.97. The van der Waals surface area contributed by atoms with E-state index < -0.39 is 12.7 Å². The van der Waals surface area contributed by atoms with Crippen LogP contribution >= 0.6 is 0 Å². The van der Waals surface area contributed by atoms with Gasteiger partial charge in [-0.05, 0) is 22.0 Å². The van der Waals surface area contributed by atoms with Crippen LogP contribution in [0, 0.1) is 11.3 Å². The molecule has 1 aliphatic heterocycles. The summed E-state index contributed by atoms with van der Waals surface area (Å²) < 4.78 is 13.6. The first kappa shape index (κ1) is 19.9. The molecule has 0 radical (unpaired) electrons. The zero-order valence-corrected chi connectivity index (χ0v) is 17.7. The third-order valence-electron chi connectivity index (χ3n) is 6.18. The summed E-state index contributed by atoms with van der Waals surface area (Å²) in [5, 5.41) is 0. The molecule has 1 heterocycles. The molecule has 0 aromatic heterocycles. The lowest BCUT2D eigenvalue weighted by Gasteiger charge is -2.56. The van der Waals surface area contributed by atoms with Gasteiger partial charge in [0.2, 0.25) is 0 Å². The van der Waals surface area contributed by atoms with E-state index in [1.807, 2.05) is 18.2 Å². The van der Waals surface area contributed by atoms with Gasteiger partial charge in [0.15, 0.2) is 0 Å². The number of hydrogen-bond donors (Lipinski definition) is 0. The standard InChI is InChI=1S/C26H29BO2/c1-20-24(21-14-8-5-9-15-21)28-27(23-18-12-7-13-19-23)29-26(20,25(2,3)4)22-16-10-6-11-17-22/h5-20,24H,1-4H3/t20-,24-,26+/m0/s1. The molecule has 0 N–H and O–H groups in total. The van der Waals surface area contributed by atoms with Crippen molar-refractivity contribution in [2.75, 3.05) is 0 Å². The van der Waals surface area contributed by atoms with Crippen LogP contribution < -0.4 is 5.46 Å². The van der Waals surface area contributed by atoms with Crippen molar-refractivity contribution in [3.63, 3.8) is 0 Å². The van der Waals surface area contributed by atoms with Gasteiger partial charge in [0.1, 0.15) is 0 Å². The average molecular weight is 384 g/mol. The van der Waals surface area contributed by atoms with E-state index in [0.717, 1.165) is 5.46 Å². The highest BCUT2D eigenvalue weighted by molar-refractivity contribution is 6.61. The predicted molar refractivity (Wildman–Crippen MR) is 120 cm³/mol. The molecule has 0 saturated carbocycles. The van der Waals surface area contributed by atoms with Crippen molar-refractivity contribution < 1.29 is 9.31 Å². The minimum Gasteiger partial charge on any atom is -0.400 e. The summed E-state index contributed by atoms with van der Waals surface area (Å²) in [5.41, 5.74) is 2.79. The molecular weight excluding hydrogens is 355 g/mol. The first-order valence-electron chi connectivity index (χ1n) is 10.4.